The van der Waals surface area contributed by atoms with Crippen molar-refractivity contribution >= 4 is 51.6 Å². The molecule has 1 atom stereocenters. The minimum atomic E-state index is -3.56. The lowest BCUT2D eigenvalue weighted by atomic mass is 10.1. The fourth-order valence-corrected chi connectivity index (χ4v) is 3.41. The van der Waals surface area contributed by atoms with Crippen LogP contribution in [0.5, 0.6) is 0 Å². The van der Waals surface area contributed by atoms with E-state index in [4.69, 9.17) is 11.6 Å². The average Bonchev–Trinajstić information content (AvgIpc) is 2.64. The van der Waals surface area contributed by atoms with Crippen LogP contribution < -0.4 is 15.4 Å². The smallest absolute Gasteiger partial charge is 0.242 e. The second kappa shape index (κ2) is 11.4. The van der Waals surface area contributed by atoms with Crippen molar-refractivity contribution in [3.8, 4) is 0 Å². The lowest BCUT2D eigenvalue weighted by Gasteiger charge is -2.18. The molecule has 1 unspecified atom stereocenters. The van der Waals surface area contributed by atoms with Gasteiger partial charge in [-0.3, -0.25) is 9.98 Å². The van der Waals surface area contributed by atoms with Crippen molar-refractivity contribution in [1.82, 2.24) is 20.3 Å². The van der Waals surface area contributed by atoms with Crippen molar-refractivity contribution in [2.75, 3.05) is 20.1 Å². The highest BCUT2D eigenvalue weighted by Gasteiger charge is 2.13. The Bertz CT molecular complexity index is 849. The Morgan fingerprint density at radius 1 is 1.26 bits per heavy atom. The molecule has 1 aromatic heterocycles. The van der Waals surface area contributed by atoms with Crippen LogP contribution in [0.1, 0.15) is 18.5 Å². The molecule has 10 heteroatoms. The molecule has 148 valence electrons. The minimum absolute atomic E-state index is 0. The number of nitrogens with one attached hydrogen (secondary N) is 3. The van der Waals surface area contributed by atoms with Crippen LogP contribution in [-0.4, -0.2) is 39.5 Å². The van der Waals surface area contributed by atoms with Crippen LogP contribution in [0.4, 0.5) is 0 Å². The summed E-state index contributed by atoms with van der Waals surface area (Å²) in [5, 5.41) is 6.97. The fraction of sp³-hybridized carbons (Fsp3) is 0.294. The van der Waals surface area contributed by atoms with Gasteiger partial charge < -0.3 is 10.6 Å². The molecule has 0 aliphatic heterocycles. The number of rotatable bonds is 7. The van der Waals surface area contributed by atoms with Crippen molar-refractivity contribution in [3.63, 3.8) is 0 Å². The highest BCUT2D eigenvalue weighted by atomic mass is 127. The number of nitrogens with zero attached hydrogens (tertiary/aromatic N) is 2. The molecule has 2 rings (SSSR count). The van der Waals surface area contributed by atoms with Crippen LogP contribution in [0, 0.1) is 0 Å². The second-order valence-corrected chi connectivity index (χ2v) is 7.71. The number of guanidine groups is 1. The first-order valence-electron chi connectivity index (χ1n) is 8.04. The van der Waals surface area contributed by atoms with E-state index in [9.17, 15) is 8.42 Å². The highest BCUT2D eigenvalue weighted by Crippen LogP contribution is 2.17. The van der Waals surface area contributed by atoms with Gasteiger partial charge >= 0.3 is 0 Å². The Morgan fingerprint density at radius 2 is 2.04 bits per heavy atom. The average molecular weight is 524 g/mol. The molecule has 27 heavy (non-hydrogen) atoms. The van der Waals surface area contributed by atoms with E-state index < -0.39 is 10.0 Å². The third-order valence-corrected chi connectivity index (χ3v) is 5.26. The number of halogens is 2. The summed E-state index contributed by atoms with van der Waals surface area (Å²) < 4.78 is 26.7. The molecule has 0 bridgehead atoms. The Balaban J connectivity index is 0.00000364. The summed E-state index contributed by atoms with van der Waals surface area (Å²) in [7, 11) is -1.91. The van der Waals surface area contributed by atoms with E-state index in [1.54, 1.807) is 13.1 Å². The van der Waals surface area contributed by atoms with E-state index in [0.717, 1.165) is 5.56 Å². The lowest BCUT2D eigenvalue weighted by Crippen LogP contribution is -2.42. The van der Waals surface area contributed by atoms with E-state index in [1.165, 1.54) is 18.5 Å². The van der Waals surface area contributed by atoms with E-state index in [1.807, 2.05) is 31.2 Å². The van der Waals surface area contributed by atoms with Gasteiger partial charge in [-0.2, -0.15) is 0 Å². The summed E-state index contributed by atoms with van der Waals surface area (Å²) in [5.41, 5.74) is 1.03. The summed E-state index contributed by atoms with van der Waals surface area (Å²) in [4.78, 5) is 8.09. The number of aromatic nitrogens is 1. The summed E-state index contributed by atoms with van der Waals surface area (Å²) in [6, 6.07) is 10.6. The first-order valence-corrected chi connectivity index (χ1v) is 9.91. The molecule has 1 heterocycles. The number of pyridine rings is 1. The third kappa shape index (κ3) is 7.60. The number of sulfonamides is 1. The number of hydrogen-bond donors (Lipinski definition) is 3. The molecule has 1 aromatic carbocycles. The molecule has 0 fully saturated rings. The van der Waals surface area contributed by atoms with Crippen LogP contribution in [-0.2, 0) is 10.0 Å². The number of hydrogen-bond acceptors (Lipinski definition) is 4. The summed E-state index contributed by atoms with van der Waals surface area (Å²) >= 11 is 6.01. The minimum Gasteiger partial charge on any atom is -0.355 e. The molecular weight excluding hydrogens is 501 g/mol. The maximum atomic E-state index is 12.1. The molecule has 3 N–H and O–H groups in total. The van der Waals surface area contributed by atoms with Crippen molar-refractivity contribution in [3.05, 3.63) is 59.4 Å². The zero-order chi connectivity index (χ0) is 19.0. The monoisotopic (exact) mass is 523 g/mol. The van der Waals surface area contributed by atoms with Gasteiger partial charge in [-0.1, -0.05) is 23.7 Å². The molecule has 0 radical (unpaired) electrons. The van der Waals surface area contributed by atoms with Gasteiger partial charge in [0, 0.05) is 37.6 Å². The SMILES string of the molecule is CN=C(NCCNS(=O)(=O)c1cccnc1)NC(C)c1cccc(Cl)c1.I. The van der Waals surface area contributed by atoms with Crippen LogP contribution in [0.15, 0.2) is 58.7 Å². The van der Waals surface area contributed by atoms with Crippen molar-refractivity contribution < 1.29 is 8.42 Å². The largest absolute Gasteiger partial charge is 0.355 e. The van der Waals surface area contributed by atoms with Gasteiger partial charge in [-0.05, 0) is 36.8 Å². The summed E-state index contributed by atoms with van der Waals surface area (Å²) in [6.07, 6.45) is 2.83. The third-order valence-electron chi connectivity index (χ3n) is 3.58. The summed E-state index contributed by atoms with van der Waals surface area (Å²) in [6.45, 7) is 2.58. The number of aliphatic imine (C=N–C) groups is 1. The molecule has 0 aliphatic rings. The maximum Gasteiger partial charge on any atom is 0.242 e. The molecule has 0 aliphatic carbocycles. The predicted octanol–water partition coefficient (Wildman–Crippen LogP) is 2.56. The molecular formula is C17H23ClIN5O2S. The Morgan fingerprint density at radius 3 is 2.67 bits per heavy atom. The topological polar surface area (TPSA) is 95.5 Å². The molecule has 0 spiro atoms. The van der Waals surface area contributed by atoms with Gasteiger partial charge in [0.05, 0.1) is 6.04 Å². The number of benzene rings is 1. The van der Waals surface area contributed by atoms with Gasteiger partial charge in [0.15, 0.2) is 5.96 Å². The van der Waals surface area contributed by atoms with E-state index in [-0.39, 0.29) is 41.5 Å². The van der Waals surface area contributed by atoms with E-state index >= 15 is 0 Å². The molecule has 0 saturated heterocycles. The van der Waals surface area contributed by atoms with Crippen LogP contribution in [0.2, 0.25) is 5.02 Å². The lowest BCUT2D eigenvalue weighted by molar-refractivity contribution is 0.579. The molecule has 7 nitrogen and oxygen atoms in total. The Labute approximate surface area is 182 Å². The zero-order valence-corrected chi connectivity index (χ0v) is 18.9. The van der Waals surface area contributed by atoms with E-state index in [2.05, 4.69) is 25.3 Å². The standard InChI is InChI=1S/C17H22ClN5O2S.HI/c1-13(14-5-3-6-15(18)11-14)23-17(19-2)21-9-10-22-26(24,25)16-7-4-8-20-12-16;/h3-8,11-13,22H,9-10H2,1-2H3,(H2,19,21,23);1H. The van der Waals surface area contributed by atoms with Crippen molar-refractivity contribution in [1.29, 1.82) is 0 Å². The van der Waals surface area contributed by atoms with Crippen molar-refractivity contribution in [2.24, 2.45) is 4.99 Å². The predicted molar refractivity (Wildman–Crippen MR) is 119 cm³/mol. The van der Waals surface area contributed by atoms with E-state index in [0.29, 0.717) is 17.5 Å². The zero-order valence-electron chi connectivity index (χ0n) is 15.0. The van der Waals surface area contributed by atoms with Crippen LogP contribution in [0.25, 0.3) is 0 Å². The van der Waals surface area contributed by atoms with Gasteiger partial charge in [0.25, 0.3) is 0 Å². The second-order valence-electron chi connectivity index (χ2n) is 5.51. The highest BCUT2D eigenvalue weighted by molar-refractivity contribution is 14.0. The van der Waals surface area contributed by atoms with Gasteiger partial charge in [0.1, 0.15) is 4.90 Å². The maximum absolute atomic E-state index is 12.1. The van der Waals surface area contributed by atoms with Gasteiger partial charge in [-0.15, -0.1) is 24.0 Å². The fourth-order valence-electron chi connectivity index (χ4n) is 2.21. The van der Waals surface area contributed by atoms with Gasteiger partial charge in [0.2, 0.25) is 10.0 Å². The molecule has 2 aromatic rings. The van der Waals surface area contributed by atoms with Crippen LogP contribution in [0.3, 0.4) is 0 Å². The first-order chi connectivity index (χ1) is 12.4. The molecule has 0 amide bonds. The van der Waals surface area contributed by atoms with Gasteiger partial charge in [-0.25, -0.2) is 13.1 Å². The van der Waals surface area contributed by atoms with Crippen molar-refractivity contribution in [2.45, 2.75) is 17.9 Å². The first kappa shape index (κ1) is 23.6. The normalized spacial score (nSPS) is 12.8. The Hall–Kier alpha value is -1.43. The quantitative estimate of drug-likeness (QED) is 0.224. The molecule has 0 saturated carbocycles. The Kier molecular flexibility index (Phi) is 9.99. The van der Waals surface area contributed by atoms with Crippen LogP contribution >= 0.6 is 35.6 Å². The summed E-state index contributed by atoms with van der Waals surface area (Å²) in [5.74, 6) is 0.568.